The highest BCUT2D eigenvalue weighted by atomic mass is 79.9. The third kappa shape index (κ3) is 4.62. The van der Waals surface area contributed by atoms with Crippen LogP contribution >= 0.6 is 15.9 Å². The van der Waals surface area contributed by atoms with Crippen molar-refractivity contribution in [2.24, 2.45) is 5.92 Å². The van der Waals surface area contributed by atoms with E-state index in [1.54, 1.807) is 0 Å². The van der Waals surface area contributed by atoms with E-state index in [1.807, 2.05) is 24.3 Å². The predicted octanol–water partition coefficient (Wildman–Crippen LogP) is 3.65. The standard InChI is InChI=1S/C15H19BrO3/c16-13-5-3-4-11(9-13)8-12(15(17)18)10-14-6-1-2-7-19-14/h3-5,9,12,14H,1-2,6-8,10H2,(H,17,18). The van der Waals surface area contributed by atoms with Crippen LogP contribution in [0.2, 0.25) is 0 Å². The van der Waals surface area contributed by atoms with Gasteiger partial charge in [-0.2, -0.15) is 0 Å². The molecule has 1 heterocycles. The number of rotatable bonds is 5. The normalized spacial score (nSPS) is 21.0. The van der Waals surface area contributed by atoms with E-state index in [4.69, 9.17) is 4.74 Å². The van der Waals surface area contributed by atoms with Gasteiger partial charge in [-0.05, 0) is 49.8 Å². The Hall–Kier alpha value is -0.870. The molecule has 1 aromatic rings. The zero-order chi connectivity index (χ0) is 13.7. The molecular weight excluding hydrogens is 308 g/mol. The summed E-state index contributed by atoms with van der Waals surface area (Å²) in [6.07, 6.45) is 4.52. The van der Waals surface area contributed by atoms with Gasteiger partial charge in [0.15, 0.2) is 0 Å². The van der Waals surface area contributed by atoms with Gasteiger partial charge >= 0.3 is 5.97 Å². The van der Waals surface area contributed by atoms with Gasteiger partial charge in [-0.3, -0.25) is 4.79 Å². The highest BCUT2D eigenvalue weighted by Gasteiger charge is 2.24. The molecule has 0 saturated carbocycles. The first-order chi connectivity index (χ1) is 9.15. The molecule has 2 atom stereocenters. The van der Waals surface area contributed by atoms with E-state index in [2.05, 4.69) is 15.9 Å². The first kappa shape index (κ1) is 14.5. The lowest BCUT2D eigenvalue weighted by Crippen LogP contribution is -2.27. The maximum absolute atomic E-state index is 11.4. The Labute approximate surface area is 122 Å². The van der Waals surface area contributed by atoms with E-state index in [9.17, 15) is 9.90 Å². The largest absolute Gasteiger partial charge is 0.481 e. The molecule has 19 heavy (non-hydrogen) atoms. The highest BCUT2D eigenvalue weighted by molar-refractivity contribution is 9.10. The molecule has 4 heteroatoms. The molecule has 1 aromatic carbocycles. The molecule has 1 N–H and O–H groups in total. The molecule has 0 radical (unpaired) electrons. The smallest absolute Gasteiger partial charge is 0.306 e. The Balaban J connectivity index is 1.97. The Morgan fingerprint density at radius 1 is 1.47 bits per heavy atom. The molecule has 3 nitrogen and oxygen atoms in total. The number of carboxylic acid groups (broad SMARTS) is 1. The Kier molecular flexibility index (Phi) is 5.40. The summed E-state index contributed by atoms with van der Waals surface area (Å²) < 4.78 is 6.64. The van der Waals surface area contributed by atoms with Gasteiger partial charge in [0.2, 0.25) is 0 Å². The minimum atomic E-state index is -0.728. The second-order valence-electron chi connectivity index (χ2n) is 5.09. The Bertz CT molecular complexity index is 427. The van der Waals surface area contributed by atoms with E-state index in [-0.39, 0.29) is 12.0 Å². The first-order valence-corrected chi connectivity index (χ1v) is 7.53. The van der Waals surface area contributed by atoms with Crippen LogP contribution in [-0.4, -0.2) is 23.8 Å². The lowest BCUT2D eigenvalue weighted by atomic mass is 9.91. The van der Waals surface area contributed by atoms with Crippen molar-refractivity contribution in [1.82, 2.24) is 0 Å². The van der Waals surface area contributed by atoms with Gasteiger partial charge in [-0.15, -0.1) is 0 Å². The van der Waals surface area contributed by atoms with E-state index in [0.717, 1.165) is 35.9 Å². The van der Waals surface area contributed by atoms with Gasteiger partial charge in [0, 0.05) is 11.1 Å². The van der Waals surface area contributed by atoms with Crippen molar-refractivity contribution in [3.63, 3.8) is 0 Å². The van der Waals surface area contributed by atoms with E-state index in [1.165, 1.54) is 0 Å². The predicted molar refractivity (Wildman–Crippen MR) is 77.2 cm³/mol. The van der Waals surface area contributed by atoms with Crippen LogP contribution in [0, 0.1) is 5.92 Å². The summed E-state index contributed by atoms with van der Waals surface area (Å²) in [7, 11) is 0. The van der Waals surface area contributed by atoms with Crippen LogP contribution in [0.15, 0.2) is 28.7 Å². The SMILES string of the molecule is O=C(O)C(Cc1cccc(Br)c1)CC1CCCCO1. The highest BCUT2D eigenvalue weighted by Crippen LogP contribution is 2.23. The van der Waals surface area contributed by atoms with Crippen molar-refractivity contribution in [2.75, 3.05) is 6.61 Å². The van der Waals surface area contributed by atoms with E-state index < -0.39 is 5.97 Å². The molecule has 1 aliphatic rings. The molecule has 0 aliphatic carbocycles. The van der Waals surface area contributed by atoms with Crippen LogP contribution in [0.3, 0.4) is 0 Å². The fourth-order valence-electron chi connectivity index (χ4n) is 2.53. The number of ether oxygens (including phenoxy) is 1. The zero-order valence-electron chi connectivity index (χ0n) is 10.8. The van der Waals surface area contributed by atoms with Crippen molar-refractivity contribution in [2.45, 2.75) is 38.2 Å². The van der Waals surface area contributed by atoms with Gasteiger partial charge < -0.3 is 9.84 Å². The van der Waals surface area contributed by atoms with E-state index in [0.29, 0.717) is 12.8 Å². The molecular formula is C15H19BrO3. The van der Waals surface area contributed by atoms with Crippen LogP contribution in [0.1, 0.15) is 31.2 Å². The number of aliphatic carboxylic acids is 1. The molecule has 0 amide bonds. The molecule has 104 valence electrons. The third-order valence-electron chi connectivity index (χ3n) is 3.54. The average Bonchev–Trinajstić information content (AvgIpc) is 2.39. The van der Waals surface area contributed by atoms with Crippen LogP contribution in [0.5, 0.6) is 0 Å². The van der Waals surface area contributed by atoms with Gasteiger partial charge in [0.05, 0.1) is 12.0 Å². The molecule has 1 fully saturated rings. The monoisotopic (exact) mass is 326 g/mol. The van der Waals surface area contributed by atoms with Crippen LogP contribution in [-0.2, 0) is 16.0 Å². The van der Waals surface area contributed by atoms with E-state index >= 15 is 0 Å². The van der Waals surface area contributed by atoms with Crippen molar-refractivity contribution in [3.8, 4) is 0 Å². The lowest BCUT2D eigenvalue weighted by molar-refractivity contribution is -0.143. The quantitative estimate of drug-likeness (QED) is 0.898. The number of halogens is 1. The fraction of sp³-hybridized carbons (Fsp3) is 0.533. The summed E-state index contributed by atoms with van der Waals surface area (Å²) in [6, 6.07) is 7.85. The summed E-state index contributed by atoms with van der Waals surface area (Å²) in [6.45, 7) is 0.772. The van der Waals surface area contributed by atoms with Gasteiger partial charge in [0.1, 0.15) is 0 Å². The number of hydrogen-bond acceptors (Lipinski definition) is 2. The van der Waals surface area contributed by atoms with Crippen molar-refractivity contribution in [1.29, 1.82) is 0 Å². The topological polar surface area (TPSA) is 46.5 Å². The van der Waals surface area contributed by atoms with Crippen LogP contribution in [0.4, 0.5) is 0 Å². The first-order valence-electron chi connectivity index (χ1n) is 6.74. The van der Waals surface area contributed by atoms with Gasteiger partial charge in [-0.1, -0.05) is 28.1 Å². The number of carbonyl (C=O) groups is 1. The van der Waals surface area contributed by atoms with Crippen LogP contribution in [0.25, 0.3) is 0 Å². The second kappa shape index (κ2) is 7.06. The van der Waals surface area contributed by atoms with Gasteiger partial charge in [-0.25, -0.2) is 0 Å². The Morgan fingerprint density at radius 2 is 2.32 bits per heavy atom. The lowest BCUT2D eigenvalue weighted by Gasteiger charge is -2.25. The number of benzene rings is 1. The molecule has 0 bridgehead atoms. The fourth-order valence-corrected chi connectivity index (χ4v) is 2.98. The molecule has 1 aliphatic heterocycles. The van der Waals surface area contributed by atoms with Crippen LogP contribution < -0.4 is 0 Å². The molecule has 1 saturated heterocycles. The number of hydrogen-bond donors (Lipinski definition) is 1. The third-order valence-corrected chi connectivity index (χ3v) is 4.04. The Morgan fingerprint density at radius 3 is 2.95 bits per heavy atom. The zero-order valence-corrected chi connectivity index (χ0v) is 12.4. The minimum Gasteiger partial charge on any atom is -0.481 e. The molecule has 2 rings (SSSR count). The summed E-state index contributed by atoms with van der Waals surface area (Å²) in [4.78, 5) is 11.4. The summed E-state index contributed by atoms with van der Waals surface area (Å²) in [5, 5.41) is 9.37. The van der Waals surface area contributed by atoms with Gasteiger partial charge in [0.25, 0.3) is 0 Å². The maximum Gasteiger partial charge on any atom is 0.306 e. The summed E-state index contributed by atoms with van der Waals surface area (Å²) >= 11 is 3.42. The summed E-state index contributed by atoms with van der Waals surface area (Å²) in [5.41, 5.74) is 1.05. The molecule has 0 spiro atoms. The number of carboxylic acids is 1. The molecule has 2 unspecified atom stereocenters. The summed E-state index contributed by atoms with van der Waals surface area (Å²) in [5.74, 6) is -1.09. The second-order valence-corrected chi connectivity index (χ2v) is 6.01. The minimum absolute atomic E-state index is 0.113. The van der Waals surface area contributed by atoms with Crippen molar-refractivity contribution >= 4 is 21.9 Å². The average molecular weight is 327 g/mol. The van der Waals surface area contributed by atoms with Crippen molar-refractivity contribution in [3.05, 3.63) is 34.3 Å². The maximum atomic E-state index is 11.4. The van der Waals surface area contributed by atoms with Crippen molar-refractivity contribution < 1.29 is 14.6 Å². The molecule has 0 aromatic heterocycles.